The molecule has 2 aliphatic rings. The molecular weight excluding hydrogens is 278 g/mol. The third-order valence-corrected chi connectivity index (χ3v) is 6.35. The number of carbonyl (C=O) groups is 1. The average Bonchev–Trinajstić information content (AvgIpc) is 2.85. The lowest BCUT2D eigenvalue weighted by Gasteiger charge is -2.27. The van der Waals surface area contributed by atoms with E-state index < -0.39 is 22.0 Å². The minimum Gasteiger partial charge on any atom is -0.480 e. The first-order valence-electron chi connectivity index (χ1n) is 7.44. The Morgan fingerprint density at radius 3 is 2.35 bits per heavy atom. The predicted molar refractivity (Wildman–Crippen MR) is 76.8 cm³/mol. The summed E-state index contributed by atoms with van der Waals surface area (Å²) in [5.74, 6) is -0.163. The smallest absolute Gasteiger partial charge is 0.321 e. The van der Waals surface area contributed by atoms with E-state index in [-0.39, 0.29) is 17.1 Å². The standard InChI is InChI=1S/C14H25NO4S/c1-10(2)7-12(13(16)17)15-20(18,19)9-14-5-3-11(8-14)4-6-14/h10-12,15H,3-9H2,1-2H3,(H,16,17)/t11?,12-,14?/m0/s1. The monoisotopic (exact) mass is 303 g/mol. The largest absolute Gasteiger partial charge is 0.480 e. The molecule has 1 atom stereocenters. The SMILES string of the molecule is CC(C)C[C@H](NS(=O)(=O)CC12CCC(CC1)C2)C(=O)O. The lowest BCUT2D eigenvalue weighted by atomic mass is 9.87. The molecule has 5 nitrogen and oxygen atoms in total. The van der Waals surface area contributed by atoms with Crippen LogP contribution in [0.15, 0.2) is 0 Å². The minimum atomic E-state index is -3.53. The Morgan fingerprint density at radius 1 is 1.35 bits per heavy atom. The van der Waals surface area contributed by atoms with Crippen LogP contribution in [0.2, 0.25) is 0 Å². The molecule has 0 spiro atoms. The first-order chi connectivity index (χ1) is 9.21. The Morgan fingerprint density at radius 2 is 1.95 bits per heavy atom. The molecule has 2 N–H and O–H groups in total. The summed E-state index contributed by atoms with van der Waals surface area (Å²) in [4.78, 5) is 11.2. The molecule has 2 saturated carbocycles. The maximum atomic E-state index is 12.3. The zero-order valence-electron chi connectivity index (χ0n) is 12.3. The lowest BCUT2D eigenvalue weighted by molar-refractivity contribution is -0.139. The fraction of sp³-hybridized carbons (Fsp3) is 0.929. The molecule has 2 bridgehead atoms. The topological polar surface area (TPSA) is 83.5 Å². The zero-order valence-corrected chi connectivity index (χ0v) is 13.1. The number of carboxylic acids is 1. The highest BCUT2D eigenvalue weighted by Gasteiger charge is 2.47. The number of carboxylic acid groups (broad SMARTS) is 1. The number of fused-ring (bicyclic) bond motifs is 2. The van der Waals surface area contributed by atoms with Crippen molar-refractivity contribution in [3.63, 3.8) is 0 Å². The fourth-order valence-electron chi connectivity index (χ4n) is 3.85. The third-order valence-electron chi connectivity index (χ3n) is 4.71. The quantitative estimate of drug-likeness (QED) is 0.753. The highest BCUT2D eigenvalue weighted by molar-refractivity contribution is 7.89. The average molecular weight is 303 g/mol. The van der Waals surface area contributed by atoms with Gasteiger partial charge in [0.1, 0.15) is 6.04 Å². The van der Waals surface area contributed by atoms with Crippen LogP contribution in [0.5, 0.6) is 0 Å². The van der Waals surface area contributed by atoms with Gasteiger partial charge in [-0.05, 0) is 55.8 Å². The maximum Gasteiger partial charge on any atom is 0.321 e. The number of nitrogens with one attached hydrogen (secondary N) is 1. The Bertz CT molecular complexity index is 464. The van der Waals surface area contributed by atoms with Crippen molar-refractivity contribution in [1.29, 1.82) is 0 Å². The summed E-state index contributed by atoms with van der Waals surface area (Å²) >= 11 is 0. The molecule has 2 fully saturated rings. The first kappa shape index (κ1) is 15.8. The van der Waals surface area contributed by atoms with Crippen LogP contribution in [0.25, 0.3) is 0 Å². The van der Waals surface area contributed by atoms with Crippen LogP contribution >= 0.6 is 0 Å². The van der Waals surface area contributed by atoms with Crippen LogP contribution in [0.4, 0.5) is 0 Å². The molecule has 0 aromatic carbocycles. The van der Waals surface area contributed by atoms with E-state index in [1.807, 2.05) is 13.8 Å². The van der Waals surface area contributed by atoms with Gasteiger partial charge in [0.2, 0.25) is 10.0 Å². The Balaban J connectivity index is 2.00. The first-order valence-corrected chi connectivity index (χ1v) is 9.09. The summed E-state index contributed by atoms with van der Waals surface area (Å²) in [6.07, 6.45) is 5.52. The van der Waals surface area contributed by atoms with Crippen LogP contribution < -0.4 is 4.72 Å². The number of aliphatic carboxylic acids is 1. The van der Waals surface area contributed by atoms with Gasteiger partial charge in [0.15, 0.2) is 0 Å². The Labute approximate surface area is 121 Å². The van der Waals surface area contributed by atoms with Gasteiger partial charge in [0.05, 0.1) is 5.75 Å². The van der Waals surface area contributed by atoms with Crippen LogP contribution in [0, 0.1) is 17.3 Å². The molecule has 2 rings (SSSR count). The van der Waals surface area contributed by atoms with Crippen LogP contribution in [-0.4, -0.2) is 31.3 Å². The summed E-state index contributed by atoms with van der Waals surface area (Å²) in [6, 6.07) is -1.00. The van der Waals surface area contributed by atoms with Gasteiger partial charge in [-0.3, -0.25) is 4.79 Å². The van der Waals surface area contributed by atoms with Gasteiger partial charge in [0, 0.05) is 0 Å². The van der Waals surface area contributed by atoms with Crippen molar-refractivity contribution < 1.29 is 18.3 Å². The molecular formula is C14H25NO4S. The van der Waals surface area contributed by atoms with Gasteiger partial charge >= 0.3 is 5.97 Å². The van der Waals surface area contributed by atoms with Gasteiger partial charge < -0.3 is 5.11 Å². The van der Waals surface area contributed by atoms with E-state index in [1.54, 1.807) is 0 Å². The molecule has 20 heavy (non-hydrogen) atoms. The zero-order chi connectivity index (χ0) is 15.0. The maximum absolute atomic E-state index is 12.3. The molecule has 2 aliphatic carbocycles. The van der Waals surface area contributed by atoms with Gasteiger partial charge in [-0.1, -0.05) is 13.8 Å². The molecule has 0 amide bonds. The predicted octanol–water partition coefficient (Wildman–Crippen LogP) is 1.99. The summed E-state index contributed by atoms with van der Waals surface area (Å²) in [7, 11) is -3.53. The molecule has 0 heterocycles. The van der Waals surface area contributed by atoms with E-state index in [2.05, 4.69) is 4.72 Å². The molecule has 0 aliphatic heterocycles. The van der Waals surface area contributed by atoms with Crippen molar-refractivity contribution >= 4 is 16.0 Å². The van der Waals surface area contributed by atoms with Crippen LogP contribution in [-0.2, 0) is 14.8 Å². The number of hydrogen-bond acceptors (Lipinski definition) is 3. The summed E-state index contributed by atoms with van der Waals surface area (Å²) < 4.78 is 27.0. The second-order valence-electron chi connectivity index (χ2n) is 7.04. The van der Waals surface area contributed by atoms with E-state index in [4.69, 9.17) is 5.11 Å². The van der Waals surface area contributed by atoms with E-state index in [0.29, 0.717) is 12.3 Å². The van der Waals surface area contributed by atoms with Crippen molar-refractivity contribution in [1.82, 2.24) is 4.72 Å². The number of hydrogen-bond donors (Lipinski definition) is 2. The van der Waals surface area contributed by atoms with Crippen LogP contribution in [0.1, 0.15) is 52.4 Å². The van der Waals surface area contributed by atoms with E-state index in [9.17, 15) is 13.2 Å². The number of sulfonamides is 1. The molecule has 0 unspecified atom stereocenters. The molecule has 0 radical (unpaired) electrons. The lowest BCUT2D eigenvalue weighted by Crippen LogP contribution is -2.45. The second-order valence-corrected chi connectivity index (χ2v) is 8.80. The molecule has 0 aromatic rings. The fourth-order valence-corrected chi connectivity index (χ4v) is 5.77. The number of rotatable bonds is 7. The third kappa shape index (κ3) is 3.73. The van der Waals surface area contributed by atoms with E-state index in [1.165, 1.54) is 0 Å². The van der Waals surface area contributed by atoms with E-state index >= 15 is 0 Å². The van der Waals surface area contributed by atoms with Crippen molar-refractivity contribution in [3.05, 3.63) is 0 Å². The Kier molecular flexibility index (Phi) is 4.44. The van der Waals surface area contributed by atoms with Crippen molar-refractivity contribution in [3.8, 4) is 0 Å². The van der Waals surface area contributed by atoms with Gasteiger partial charge in [-0.2, -0.15) is 0 Å². The second kappa shape index (κ2) is 5.64. The molecule has 116 valence electrons. The van der Waals surface area contributed by atoms with Gasteiger partial charge in [0.25, 0.3) is 0 Å². The highest BCUT2D eigenvalue weighted by Crippen LogP contribution is 2.54. The minimum absolute atomic E-state index is 0.0859. The highest BCUT2D eigenvalue weighted by atomic mass is 32.2. The van der Waals surface area contributed by atoms with Gasteiger partial charge in [-0.25, -0.2) is 13.1 Å². The van der Waals surface area contributed by atoms with Crippen LogP contribution in [0.3, 0.4) is 0 Å². The molecule has 0 saturated heterocycles. The molecule has 0 aromatic heterocycles. The van der Waals surface area contributed by atoms with Crippen molar-refractivity contribution in [2.24, 2.45) is 17.3 Å². The normalized spacial score (nSPS) is 30.9. The van der Waals surface area contributed by atoms with E-state index in [0.717, 1.165) is 32.1 Å². The summed E-state index contributed by atoms with van der Waals surface area (Å²) in [6.45, 7) is 3.78. The van der Waals surface area contributed by atoms with Crippen molar-refractivity contribution in [2.45, 2.75) is 58.4 Å². The molecule has 6 heteroatoms. The van der Waals surface area contributed by atoms with Gasteiger partial charge in [-0.15, -0.1) is 0 Å². The summed E-state index contributed by atoms with van der Waals surface area (Å²) in [5, 5.41) is 9.15. The van der Waals surface area contributed by atoms with Crippen molar-refractivity contribution in [2.75, 3.05) is 5.75 Å². The summed E-state index contributed by atoms with van der Waals surface area (Å²) in [5.41, 5.74) is -0.0859. The Hall–Kier alpha value is -0.620.